The highest BCUT2D eigenvalue weighted by molar-refractivity contribution is 5.71. The first-order valence-corrected chi connectivity index (χ1v) is 40.9. The highest BCUT2D eigenvalue weighted by Crippen LogP contribution is 2.17. The van der Waals surface area contributed by atoms with Gasteiger partial charge < -0.3 is 28.5 Å². The Morgan fingerprint density at radius 1 is 0.291 bits per heavy atom. The van der Waals surface area contributed by atoms with Crippen molar-refractivity contribution >= 4 is 17.9 Å². The van der Waals surface area contributed by atoms with Crippen LogP contribution in [0.25, 0.3) is 0 Å². The van der Waals surface area contributed by atoms with E-state index in [4.69, 9.17) is 18.9 Å². The molecule has 0 aliphatic rings. The molecule has 0 radical (unpaired) electrons. The first-order chi connectivity index (χ1) is 50.6. The molecule has 0 rings (SSSR count). The van der Waals surface area contributed by atoms with E-state index < -0.39 is 24.3 Å². The minimum Gasteiger partial charge on any atom is -0.477 e. The monoisotopic (exact) mass is 1420 g/mol. The summed E-state index contributed by atoms with van der Waals surface area (Å²) in [5, 5.41) is 9.78. The number of carboxylic acid groups (broad SMARTS) is 1. The van der Waals surface area contributed by atoms with Gasteiger partial charge in [-0.25, -0.2) is 4.79 Å². The van der Waals surface area contributed by atoms with Crippen LogP contribution >= 0.6 is 0 Å². The third-order valence-corrected chi connectivity index (χ3v) is 16.7. The Balaban J connectivity index is 4.14. The van der Waals surface area contributed by atoms with Crippen LogP contribution in [0, 0.1) is 0 Å². The molecular weight excluding hydrogens is 1270 g/mol. The second-order valence-electron chi connectivity index (χ2n) is 27.6. The summed E-state index contributed by atoms with van der Waals surface area (Å²) in [6.07, 6.45) is 125. The van der Waals surface area contributed by atoms with Crippen molar-refractivity contribution in [1.29, 1.82) is 0 Å². The number of unbranched alkanes of at least 4 members (excludes halogenated alkanes) is 22. The molecule has 1 N–H and O–H groups in total. The maximum Gasteiger partial charge on any atom is 0.361 e. The van der Waals surface area contributed by atoms with Gasteiger partial charge in [0.05, 0.1) is 34.4 Å². The van der Waals surface area contributed by atoms with Crippen LogP contribution in [-0.4, -0.2) is 87.4 Å². The molecule has 0 spiro atoms. The van der Waals surface area contributed by atoms with Crippen molar-refractivity contribution in [3.8, 4) is 0 Å². The number of hydrogen-bond donors (Lipinski definition) is 1. The fraction of sp³-hybridized carbons (Fsp3) is 0.585. The number of ether oxygens (including phenoxy) is 4. The Kier molecular flexibility index (Phi) is 76.2. The highest BCUT2D eigenvalue weighted by Gasteiger charge is 2.25. The molecule has 9 heteroatoms. The zero-order chi connectivity index (χ0) is 74.6. The molecule has 0 bridgehead atoms. The summed E-state index contributed by atoms with van der Waals surface area (Å²) in [4.78, 5) is 37.7. The van der Waals surface area contributed by atoms with Gasteiger partial charge in [0, 0.05) is 12.8 Å². The number of allylic oxidation sites excluding steroid dienone is 36. The van der Waals surface area contributed by atoms with Gasteiger partial charge in [-0.1, -0.05) is 348 Å². The Bertz CT molecular complexity index is 2510. The molecule has 578 valence electrons. The lowest BCUT2D eigenvalue weighted by Gasteiger charge is -2.25. The second-order valence-corrected chi connectivity index (χ2v) is 27.6. The smallest absolute Gasteiger partial charge is 0.361 e. The van der Waals surface area contributed by atoms with Crippen LogP contribution in [0.4, 0.5) is 0 Å². The normalized spacial score (nSPS) is 13.8. The number of hydrogen-bond acceptors (Lipinski definition) is 7. The number of carboxylic acids is 1. The standard InChI is InChI=1S/C94H149NO8/c1-6-8-10-12-14-16-18-20-22-24-26-28-30-32-34-36-38-40-42-44-45-46-47-49-50-52-54-56-58-60-62-64-66-68-70-72-74-76-78-80-82-84-91(96)101-88-90(89-102-94(93(98)99)100-87-86-95(3,4)5)103-92(97)85-83-81-79-77-75-73-71-69-67-65-63-61-59-57-55-53-51-48-43-41-39-37-35-33-31-29-27-25-23-21-19-17-15-13-11-9-7-2/h8-11,14-17,20-23,26-29,32-35,38-41,44-45,48,51,55,57,61,63,67,69,73,75,90,94H,6-7,12-13,18-19,24-25,30-31,36-37,42-43,46-47,49-50,52-54,56,58-60,62,64-66,68,70-72,74,76-89H2,1-5H3/p+1/b10-8-,11-9-,16-14-,17-15-,22-20-,23-21-,28-26-,29-27-,34-32-,35-33-,40-38-,41-39-,45-44-,51-48-,57-55-,63-61-,69-67-,75-73-. The summed E-state index contributed by atoms with van der Waals surface area (Å²) < 4.78 is 23.0. The summed E-state index contributed by atoms with van der Waals surface area (Å²) in [6.45, 7) is 4.60. The molecule has 0 saturated heterocycles. The van der Waals surface area contributed by atoms with Crippen molar-refractivity contribution in [1.82, 2.24) is 0 Å². The molecule has 0 aromatic rings. The highest BCUT2D eigenvalue weighted by atomic mass is 16.7. The van der Waals surface area contributed by atoms with Crippen molar-refractivity contribution in [3.63, 3.8) is 0 Å². The number of carbonyl (C=O) groups excluding carboxylic acids is 2. The quantitative estimate of drug-likeness (QED) is 0.0211. The number of likely N-dealkylation sites (N-methyl/N-ethyl adjacent to an activating group) is 1. The summed E-state index contributed by atoms with van der Waals surface area (Å²) >= 11 is 0. The molecule has 0 heterocycles. The third-order valence-electron chi connectivity index (χ3n) is 16.7. The van der Waals surface area contributed by atoms with Crippen LogP contribution in [0.15, 0.2) is 219 Å². The lowest BCUT2D eigenvalue weighted by molar-refractivity contribution is -0.870. The molecule has 0 aliphatic carbocycles. The molecule has 0 aromatic heterocycles. The first-order valence-electron chi connectivity index (χ1n) is 40.9. The molecule has 0 saturated carbocycles. The molecule has 0 aromatic carbocycles. The van der Waals surface area contributed by atoms with Gasteiger partial charge in [-0.05, 0) is 154 Å². The molecule has 9 nitrogen and oxygen atoms in total. The molecule has 2 atom stereocenters. The number of carbonyl (C=O) groups is 3. The number of nitrogens with zero attached hydrogens (tertiary/aromatic N) is 1. The average molecular weight is 1420 g/mol. The van der Waals surface area contributed by atoms with Crippen LogP contribution in [-0.2, 0) is 33.3 Å². The lowest BCUT2D eigenvalue weighted by Crippen LogP contribution is -2.40. The minimum absolute atomic E-state index is 0.171. The maximum absolute atomic E-state index is 13.0. The van der Waals surface area contributed by atoms with Crippen molar-refractivity contribution in [2.24, 2.45) is 0 Å². The van der Waals surface area contributed by atoms with E-state index in [9.17, 15) is 19.5 Å². The van der Waals surface area contributed by atoms with Gasteiger partial charge in [0.1, 0.15) is 13.2 Å². The maximum atomic E-state index is 13.0. The molecule has 0 aliphatic heterocycles. The van der Waals surface area contributed by atoms with Gasteiger partial charge in [-0.3, -0.25) is 9.59 Å². The molecule has 0 amide bonds. The zero-order valence-electron chi connectivity index (χ0n) is 66.1. The van der Waals surface area contributed by atoms with Crippen molar-refractivity contribution in [2.75, 3.05) is 47.5 Å². The van der Waals surface area contributed by atoms with Gasteiger partial charge in [-0.2, -0.15) is 0 Å². The van der Waals surface area contributed by atoms with Crippen LogP contribution in [0.3, 0.4) is 0 Å². The lowest BCUT2D eigenvalue weighted by atomic mass is 10.0. The molecule has 103 heavy (non-hydrogen) atoms. The first kappa shape index (κ1) is 96.6. The van der Waals surface area contributed by atoms with Crippen molar-refractivity contribution in [3.05, 3.63) is 219 Å². The largest absolute Gasteiger partial charge is 0.477 e. The average Bonchev–Trinajstić information content (AvgIpc) is 1.16. The SMILES string of the molecule is CC/C=C\C/C=C\C/C=C\C/C=C\C/C=C\C/C=C\C/C=C\C/C=C\C/C=C\C/C=C\C/C=C\CCCCCC(=O)OC(COC(=O)CCCCCCCCCCCCCCCCCCCCC/C=C\C/C=C\C/C=C\C/C=C\C/C=C\C/C=C\C/C=C\CC)COC(OCC[N+](C)(C)C)C(=O)O. The van der Waals surface area contributed by atoms with E-state index in [2.05, 4.69) is 233 Å². The predicted molar refractivity (Wildman–Crippen MR) is 446 cm³/mol. The molecular formula is C94H150NO8+. The predicted octanol–water partition coefficient (Wildman–Crippen LogP) is 26.8. The Morgan fingerprint density at radius 2 is 0.524 bits per heavy atom. The van der Waals surface area contributed by atoms with Crippen LogP contribution in [0.1, 0.15) is 296 Å². The number of rotatable bonds is 73. The fourth-order valence-corrected chi connectivity index (χ4v) is 10.6. The summed E-state index contributed by atoms with van der Waals surface area (Å²) in [7, 11) is 5.96. The van der Waals surface area contributed by atoms with Gasteiger partial charge in [-0.15, -0.1) is 0 Å². The fourth-order valence-electron chi connectivity index (χ4n) is 10.6. The van der Waals surface area contributed by atoms with E-state index in [1.807, 2.05) is 21.1 Å². The van der Waals surface area contributed by atoms with E-state index in [1.54, 1.807) is 0 Å². The minimum atomic E-state index is -1.53. The van der Waals surface area contributed by atoms with Crippen LogP contribution in [0.5, 0.6) is 0 Å². The van der Waals surface area contributed by atoms with Crippen LogP contribution < -0.4 is 0 Å². The third kappa shape index (κ3) is 82.8. The van der Waals surface area contributed by atoms with Gasteiger partial charge in [0.15, 0.2) is 6.10 Å². The Morgan fingerprint density at radius 3 is 0.786 bits per heavy atom. The second kappa shape index (κ2) is 81.3. The van der Waals surface area contributed by atoms with E-state index in [0.717, 1.165) is 154 Å². The van der Waals surface area contributed by atoms with Gasteiger partial charge >= 0.3 is 17.9 Å². The summed E-state index contributed by atoms with van der Waals surface area (Å²) in [5.74, 6) is -2.06. The topological polar surface area (TPSA) is 108 Å². The van der Waals surface area contributed by atoms with E-state index >= 15 is 0 Å². The van der Waals surface area contributed by atoms with Crippen molar-refractivity contribution < 1.29 is 42.9 Å². The number of quaternary nitrogens is 1. The van der Waals surface area contributed by atoms with Crippen LogP contribution in [0.2, 0.25) is 0 Å². The Hall–Kier alpha value is -6.39. The number of esters is 2. The molecule has 0 fully saturated rings. The molecule has 2 unspecified atom stereocenters. The van der Waals surface area contributed by atoms with E-state index in [-0.39, 0.29) is 38.6 Å². The van der Waals surface area contributed by atoms with Gasteiger partial charge in [0.25, 0.3) is 6.29 Å². The van der Waals surface area contributed by atoms with Gasteiger partial charge in [0.2, 0.25) is 0 Å². The Labute approximate surface area is 632 Å². The summed E-state index contributed by atoms with van der Waals surface area (Å²) in [6, 6.07) is 0. The zero-order valence-corrected chi connectivity index (χ0v) is 66.1. The summed E-state index contributed by atoms with van der Waals surface area (Å²) in [5.41, 5.74) is 0. The van der Waals surface area contributed by atoms with Crippen molar-refractivity contribution in [2.45, 2.75) is 309 Å². The van der Waals surface area contributed by atoms with E-state index in [0.29, 0.717) is 17.4 Å². The van der Waals surface area contributed by atoms with E-state index in [1.165, 1.54) is 109 Å². The number of aliphatic carboxylic acids is 1.